The van der Waals surface area contributed by atoms with E-state index in [1.54, 1.807) is 7.11 Å². The van der Waals surface area contributed by atoms with Crippen LogP contribution in [0.2, 0.25) is 0 Å². The maximum Gasteiger partial charge on any atom is 0.123 e. The molecule has 1 fully saturated rings. The van der Waals surface area contributed by atoms with Crippen LogP contribution in [0, 0.1) is 17.2 Å². The van der Waals surface area contributed by atoms with E-state index < -0.39 is 0 Å². The molecule has 1 aliphatic heterocycles. The minimum atomic E-state index is -0.146. The molecular weight excluding hydrogens is 224 g/mol. The second-order valence-electron chi connectivity index (χ2n) is 5.03. The molecule has 1 aromatic rings. The molecule has 18 heavy (non-hydrogen) atoms. The Balaban J connectivity index is 2.15. The van der Waals surface area contributed by atoms with Gasteiger partial charge in [-0.3, -0.25) is 4.90 Å². The number of hydrogen-bond donors (Lipinski definition) is 0. The van der Waals surface area contributed by atoms with Gasteiger partial charge in [0, 0.05) is 0 Å². The van der Waals surface area contributed by atoms with Gasteiger partial charge in [0.15, 0.2) is 0 Å². The predicted molar refractivity (Wildman–Crippen MR) is 71.3 cm³/mol. The Morgan fingerprint density at radius 2 is 2.11 bits per heavy atom. The number of rotatable bonds is 3. The van der Waals surface area contributed by atoms with Crippen molar-refractivity contribution >= 4 is 0 Å². The van der Waals surface area contributed by atoms with Crippen molar-refractivity contribution in [1.82, 2.24) is 4.90 Å². The molecule has 1 heterocycles. The third-order valence-electron chi connectivity index (χ3n) is 3.72. The summed E-state index contributed by atoms with van der Waals surface area (Å²) in [5.74, 6) is 1.60. The number of nitriles is 1. The van der Waals surface area contributed by atoms with E-state index in [-0.39, 0.29) is 6.04 Å². The van der Waals surface area contributed by atoms with Gasteiger partial charge in [0.2, 0.25) is 0 Å². The lowest BCUT2D eigenvalue weighted by Gasteiger charge is -2.33. The fraction of sp³-hybridized carbons (Fsp3) is 0.533. The quantitative estimate of drug-likeness (QED) is 0.820. The van der Waals surface area contributed by atoms with Crippen LogP contribution < -0.4 is 4.74 Å². The Bertz CT molecular complexity index is 430. The number of nitrogens with zero attached hydrogens (tertiary/aromatic N) is 2. The first-order chi connectivity index (χ1) is 8.74. The molecule has 0 spiro atoms. The molecule has 1 aliphatic rings. The van der Waals surface area contributed by atoms with E-state index in [1.165, 1.54) is 12.8 Å². The van der Waals surface area contributed by atoms with Crippen molar-refractivity contribution in [3.63, 3.8) is 0 Å². The number of ether oxygens (including phenoxy) is 1. The third kappa shape index (κ3) is 2.83. The summed E-state index contributed by atoms with van der Waals surface area (Å²) in [6, 6.07) is 10.1. The largest absolute Gasteiger partial charge is 0.497 e. The molecule has 0 saturated carbocycles. The highest BCUT2D eigenvalue weighted by Crippen LogP contribution is 2.28. The summed E-state index contributed by atoms with van der Waals surface area (Å²) in [5.41, 5.74) is 1.03. The highest BCUT2D eigenvalue weighted by Gasteiger charge is 2.24. The summed E-state index contributed by atoms with van der Waals surface area (Å²) in [4.78, 5) is 2.27. The molecule has 1 saturated heterocycles. The second kappa shape index (κ2) is 5.88. The van der Waals surface area contributed by atoms with Gasteiger partial charge in [-0.25, -0.2) is 0 Å². The van der Waals surface area contributed by atoms with Crippen molar-refractivity contribution in [2.75, 3.05) is 20.2 Å². The molecule has 96 valence electrons. The minimum absolute atomic E-state index is 0.146. The zero-order chi connectivity index (χ0) is 13.0. The first-order valence-corrected chi connectivity index (χ1v) is 6.52. The monoisotopic (exact) mass is 244 g/mol. The molecule has 1 unspecified atom stereocenters. The minimum Gasteiger partial charge on any atom is -0.497 e. The van der Waals surface area contributed by atoms with E-state index in [0.29, 0.717) is 0 Å². The highest BCUT2D eigenvalue weighted by atomic mass is 16.5. The molecule has 1 aromatic carbocycles. The average molecular weight is 244 g/mol. The number of likely N-dealkylation sites (tertiary alicyclic amines) is 1. The molecule has 0 bridgehead atoms. The maximum absolute atomic E-state index is 9.43. The Kier molecular flexibility index (Phi) is 4.22. The Hall–Kier alpha value is -1.53. The van der Waals surface area contributed by atoms with E-state index in [9.17, 15) is 5.26 Å². The van der Waals surface area contributed by atoms with Crippen molar-refractivity contribution in [3.8, 4) is 11.8 Å². The molecule has 1 atom stereocenters. The molecule has 0 aliphatic carbocycles. The van der Waals surface area contributed by atoms with Crippen LogP contribution in [0.3, 0.4) is 0 Å². The molecule has 0 aromatic heterocycles. The lowest BCUT2D eigenvalue weighted by atomic mass is 9.96. The Morgan fingerprint density at radius 3 is 2.72 bits per heavy atom. The van der Waals surface area contributed by atoms with Crippen molar-refractivity contribution in [1.29, 1.82) is 5.26 Å². The predicted octanol–water partition coefficient (Wildman–Crippen LogP) is 2.99. The summed E-state index contributed by atoms with van der Waals surface area (Å²) >= 11 is 0. The normalized spacial score (nSPS) is 19.2. The van der Waals surface area contributed by atoms with Crippen LogP contribution >= 0.6 is 0 Å². The van der Waals surface area contributed by atoms with Crippen molar-refractivity contribution < 1.29 is 4.74 Å². The topological polar surface area (TPSA) is 36.3 Å². The van der Waals surface area contributed by atoms with Crippen LogP contribution in [0.25, 0.3) is 0 Å². The standard InChI is InChI=1S/C15H20N2O/c1-12-6-8-17(9-7-12)15(11-16)13-4-3-5-14(10-13)18-2/h3-5,10,12,15H,6-9H2,1-2H3. The second-order valence-corrected chi connectivity index (χ2v) is 5.03. The zero-order valence-electron chi connectivity index (χ0n) is 11.1. The summed E-state index contributed by atoms with van der Waals surface area (Å²) in [5, 5.41) is 9.43. The van der Waals surface area contributed by atoms with E-state index in [1.807, 2.05) is 24.3 Å². The lowest BCUT2D eigenvalue weighted by molar-refractivity contribution is 0.165. The highest BCUT2D eigenvalue weighted by molar-refractivity contribution is 5.33. The van der Waals surface area contributed by atoms with E-state index in [2.05, 4.69) is 17.9 Å². The van der Waals surface area contributed by atoms with Crippen molar-refractivity contribution in [2.24, 2.45) is 5.92 Å². The molecule has 3 heteroatoms. The number of piperidine rings is 1. The van der Waals surface area contributed by atoms with Gasteiger partial charge in [0.05, 0.1) is 13.2 Å². The van der Waals surface area contributed by atoms with Crippen LogP contribution in [0.1, 0.15) is 31.4 Å². The van der Waals surface area contributed by atoms with Gasteiger partial charge in [0.1, 0.15) is 11.8 Å². The smallest absolute Gasteiger partial charge is 0.123 e. The van der Waals surface area contributed by atoms with Gasteiger partial charge in [-0.1, -0.05) is 19.1 Å². The fourth-order valence-electron chi connectivity index (χ4n) is 2.47. The molecule has 0 radical (unpaired) electrons. The van der Waals surface area contributed by atoms with E-state index in [4.69, 9.17) is 4.74 Å². The van der Waals surface area contributed by atoms with Crippen LogP contribution in [-0.4, -0.2) is 25.1 Å². The number of methoxy groups -OCH3 is 1. The van der Waals surface area contributed by atoms with Crippen molar-refractivity contribution in [2.45, 2.75) is 25.8 Å². The average Bonchev–Trinajstić information content (AvgIpc) is 2.42. The van der Waals surface area contributed by atoms with Crippen LogP contribution in [0.5, 0.6) is 5.75 Å². The first-order valence-electron chi connectivity index (χ1n) is 6.52. The van der Waals surface area contributed by atoms with Gasteiger partial charge in [-0.05, 0) is 49.5 Å². The zero-order valence-corrected chi connectivity index (χ0v) is 11.1. The van der Waals surface area contributed by atoms with E-state index >= 15 is 0 Å². The van der Waals surface area contributed by atoms with Gasteiger partial charge >= 0.3 is 0 Å². The molecule has 2 rings (SSSR count). The molecule has 0 N–H and O–H groups in total. The molecule has 3 nitrogen and oxygen atoms in total. The fourth-order valence-corrected chi connectivity index (χ4v) is 2.47. The first kappa shape index (κ1) is 12.9. The van der Waals surface area contributed by atoms with E-state index in [0.717, 1.165) is 30.3 Å². The maximum atomic E-state index is 9.43. The summed E-state index contributed by atoms with van der Waals surface area (Å²) in [7, 11) is 1.66. The van der Waals surface area contributed by atoms with Crippen molar-refractivity contribution in [3.05, 3.63) is 29.8 Å². The molecule has 0 amide bonds. The van der Waals surface area contributed by atoms with Crippen LogP contribution in [0.4, 0.5) is 0 Å². The van der Waals surface area contributed by atoms with Crippen LogP contribution in [-0.2, 0) is 0 Å². The Labute approximate surface area is 109 Å². The third-order valence-corrected chi connectivity index (χ3v) is 3.72. The summed E-state index contributed by atoms with van der Waals surface area (Å²) < 4.78 is 5.23. The van der Waals surface area contributed by atoms with Gasteiger partial charge < -0.3 is 4.74 Å². The van der Waals surface area contributed by atoms with Gasteiger partial charge in [0.25, 0.3) is 0 Å². The van der Waals surface area contributed by atoms with Gasteiger partial charge in [-0.15, -0.1) is 0 Å². The number of hydrogen-bond acceptors (Lipinski definition) is 3. The lowest BCUT2D eigenvalue weighted by Crippen LogP contribution is -2.35. The SMILES string of the molecule is COc1cccc(C(C#N)N2CCC(C)CC2)c1. The Morgan fingerprint density at radius 1 is 1.39 bits per heavy atom. The number of benzene rings is 1. The van der Waals surface area contributed by atoms with Gasteiger partial charge in [-0.2, -0.15) is 5.26 Å². The van der Waals surface area contributed by atoms with Crippen LogP contribution in [0.15, 0.2) is 24.3 Å². The molecular formula is C15H20N2O. The summed E-state index contributed by atoms with van der Waals surface area (Å²) in [6.07, 6.45) is 2.37. The summed E-state index contributed by atoms with van der Waals surface area (Å²) in [6.45, 7) is 4.30.